The van der Waals surface area contributed by atoms with E-state index in [4.69, 9.17) is 18.9 Å². The Hall–Kier alpha value is -1.26. The van der Waals surface area contributed by atoms with Crippen molar-refractivity contribution in [1.29, 1.82) is 0 Å². The quantitative estimate of drug-likeness (QED) is 0.667. The van der Waals surface area contributed by atoms with Crippen LogP contribution >= 0.6 is 0 Å². The molecule has 90 valence electrons. The molecule has 16 heavy (non-hydrogen) atoms. The predicted octanol–water partition coefficient (Wildman–Crippen LogP) is 2.08. The summed E-state index contributed by atoms with van der Waals surface area (Å²) in [5.41, 5.74) is 0. The van der Waals surface area contributed by atoms with Gasteiger partial charge in [0.05, 0.1) is 6.61 Å². The fourth-order valence-electron chi connectivity index (χ4n) is 1.23. The van der Waals surface area contributed by atoms with E-state index in [1.54, 1.807) is 14.2 Å². The van der Waals surface area contributed by atoms with Crippen molar-refractivity contribution >= 4 is 0 Å². The molecule has 0 N–H and O–H groups in total. The second-order valence-electron chi connectivity index (χ2n) is 3.09. The summed E-state index contributed by atoms with van der Waals surface area (Å²) < 4.78 is 21.1. The fourth-order valence-corrected chi connectivity index (χ4v) is 1.23. The van der Waals surface area contributed by atoms with Crippen molar-refractivity contribution in [2.45, 2.75) is 13.2 Å². The minimum absolute atomic E-state index is 0.330. The van der Waals surface area contributed by atoms with Gasteiger partial charge < -0.3 is 18.9 Å². The van der Waals surface area contributed by atoms with E-state index >= 15 is 0 Å². The van der Waals surface area contributed by atoms with Crippen LogP contribution in [0.2, 0.25) is 0 Å². The van der Waals surface area contributed by atoms with Gasteiger partial charge in [-0.2, -0.15) is 0 Å². The Labute approximate surface area is 96.1 Å². The largest absolute Gasteiger partial charge is 0.490 e. The summed E-state index contributed by atoms with van der Waals surface area (Å²) in [4.78, 5) is 0. The lowest BCUT2D eigenvalue weighted by atomic mass is 10.3. The second kappa shape index (κ2) is 7.09. The smallest absolute Gasteiger partial charge is 0.191 e. The molecule has 0 bridgehead atoms. The van der Waals surface area contributed by atoms with E-state index in [-0.39, 0.29) is 6.29 Å². The molecule has 4 nitrogen and oxygen atoms in total. The maximum Gasteiger partial charge on any atom is 0.191 e. The van der Waals surface area contributed by atoms with Crippen LogP contribution in [0.4, 0.5) is 0 Å². The van der Waals surface area contributed by atoms with E-state index in [1.165, 1.54) is 0 Å². The molecule has 0 fully saturated rings. The van der Waals surface area contributed by atoms with Gasteiger partial charge in [-0.3, -0.25) is 0 Å². The number of hydrogen-bond acceptors (Lipinski definition) is 4. The number of para-hydroxylation sites is 2. The van der Waals surface area contributed by atoms with Crippen LogP contribution in [0, 0.1) is 0 Å². The highest BCUT2D eigenvalue weighted by atomic mass is 16.7. The van der Waals surface area contributed by atoms with Gasteiger partial charge in [0, 0.05) is 14.2 Å². The van der Waals surface area contributed by atoms with E-state index < -0.39 is 0 Å². The van der Waals surface area contributed by atoms with Crippen LogP contribution in [-0.4, -0.2) is 33.7 Å². The Morgan fingerprint density at radius 2 is 1.56 bits per heavy atom. The van der Waals surface area contributed by atoms with Crippen LogP contribution in [0.3, 0.4) is 0 Å². The van der Waals surface area contributed by atoms with Gasteiger partial charge >= 0.3 is 0 Å². The monoisotopic (exact) mass is 226 g/mol. The maximum absolute atomic E-state index is 5.56. The number of methoxy groups -OCH3 is 2. The first-order chi connectivity index (χ1) is 7.81. The highest BCUT2D eigenvalue weighted by Gasteiger charge is 2.08. The van der Waals surface area contributed by atoms with E-state index in [0.717, 1.165) is 5.75 Å². The highest BCUT2D eigenvalue weighted by Crippen LogP contribution is 2.26. The first kappa shape index (κ1) is 12.8. The fraction of sp³-hybridized carbons (Fsp3) is 0.500. The van der Waals surface area contributed by atoms with Crippen LogP contribution in [-0.2, 0) is 9.47 Å². The SMILES string of the molecule is CCOc1ccccc1OCC(OC)OC. The van der Waals surface area contributed by atoms with Crippen molar-refractivity contribution < 1.29 is 18.9 Å². The molecule has 1 aromatic carbocycles. The lowest BCUT2D eigenvalue weighted by Crippen LogP contribution is -2.22. The average molecular weight is 226 g/mol. The van der Waals surface area contributed by atoms with Gasteiger partial charge in [0.2, 0.25) is 0 Å². The first-order valence-corrected chi connectivity index (χ1v) is 5.22. The number of ether oxygens (including phenoxy) is 4. The summed E-state index contributed by atoms with van der Waals surface area (Å²) in [6.07, 6.45) is -0.366. The highest BCUT2D eigenvalue weighted by molar-refractivity contribution is 5.39. The van der Waals surface area contributed by atoms with Crippen LogP contribution in [0.25, 0.3) is 0 Å². The molecule has 0 radical (unpaired) electrons. The van der Waals surface area contributed by atoms with Crippen molar-refractivity contribution in [2.24, 2.45) is 0 Å². The zero-order valence-electron chi connectivity index (χ0n) is 9.93. The third-order valence-electron chi connectivity index (χ3n) is 2.05. The van der Waals surface area contributed by atoms with Gasteiger partial charge in [-0.25, -0.2) is 0 Å². The molecule has 0 saturated carbocycles. The molecule has 0 spiro atoms. The number of benzene rings is 1. The second-order valence-corrected chi connectivity index (χ2v) is 3.09. The van der Waals surface area contributed by atoms with Gasteiger partial charge in [-0.1, -0.05) is 12.1 Å². The minimum atomic E-state index is -0.366. The van der Waals surface area contributed by atoms with Crippen molar-refractivity contribution in [3.05, 3.63) is 24.3 Å². The molecule has 1 aromatic rings. The van der Waals surface area contributed by atoms with Gasteiger partial charge in [0.25, 0.3) is 0 Å². The first-order valence-electron chi connectivity index (χ1n) is 5.22. The molecule has 0 amide bonds. The summed E-state index contributed by atoms with van der Waals surface area (Å²) in [6, 6.07) is 7.52. The molecular weight excluding hydrogens is 208 g/mol. The molecule has 1 rings (SSSR count). The summed E-state index contributed by atoms with van der Waals surface area (Å²) in [5.74, 6) is 1.43. The maximum atomic E-state index is 5.56. The molecule has 0 aliphatic carbocycles. The Morgan fingerprint density at radius 1 is 1.00 bits per heavy atom. The zero-order valence-corrected chi connectivity index (χ0v) is 9.93. The predicted molar refractivity (Wildman–Crippen MR) is 60.9 cm³/mol. The van der Waals surface area contributed by atoms with E-state index in [2.05, 4.69) is 0 Å². The van der Waals surface area contributed by atoms with Crippen LogP contribution in [0.15, 0.2) is 24.3 Å². The van der Waals surface area contributed by atoms with Crippen molar-refractivity contribution in [1.82, 2.24) is 0 Å². The van der Waals surface area contributed by atoms with Crippen molar-refractivity contribution in [3.63, 3.8) is 0 Å². The summed E-state index contributed by atoms with van der Waals surface area (Å²) in [6.45, 7) is 2.87. The van der Waals surface area contributed by atoms with E-state index in [9.17, 15) is 0 Å². The summed E-state index contributed by atoms with van der Waals surface area (Å²) >= 11 is 0. The van der Waals surface area contributed by atoms with Gasteiger partial charge in [-0.15, -0.1) is 0 Å². The third-order valence-corrected chi connectivity index (χ3v) is 2.05. The number of hydrogen-bond donors (Lipinski definition) is 0. The van der Waals surface area contributed by atoms with Crippen LogP contribution < -0.4 is 9.47 Å². The molecule has 0 atom stereocenters. The van der Waals surface area contributed by atoms with Crippen LogP contribution in [0.1, 0.15) is 6.92 Å². The minimum Gasteiger partial charge on any atom is -0.490 e. The lowest BCUT2D eigenvalue weighted by Gasteiger charge is -2.16. The molecule has 4 heteroatoms. The molecule has 0 aromatic heterocycles. The molecule has 0 heterocycles. The third kappa shape index (κ3) is 3.72. The Kier molecular flexibility index (Phi) is 5.67. The molecule has 0 unspecified atom stereocenters. The number of rotatable bonds is 7. The van der Waals surface area contributed by atoms with Gasteiger partial charge in [0.1, 0.15) is 6.61 Å². The molecule has 0 aliphatic rings. The van der Waals surface area contributed by atoms with Gasteiger partial charge in [-0.05, 0) is 19.1 Å². The molecular formula is C12H18O4. The van der Waals surface area contributed by atoms with E-state index in [1.807, 2.05) is 31.2 Å². The summed E-state index contributed by atoms with van der Waals surface area (Å²) in [7, 11) is 3.15. The standard InChI is InChI=1S/C12H18O4/c1-4-15-10-7-5-6-8-11(10)16-9-12(13-2)14-3/h5-8,12H,4,9H2,1-3H3. The van der Waals surface area contributed by atoms with Crippen LogP contribution in [0.5, 0.6) is 11.5 Å². The van der Waals surface area contributed by atoms with Gasteiger partial charge in [0.15, 0.2) is 17.8 Å². The topological polar surface area (TPSA) is 36.9 Å². The zero-order chi connectivity index (χ0) is 11.8. The van der Waals surface area contributed by atoms with Crippen molar-refractivity contribution in [2.75, 3.05) is 27.4 Å². The normalized spacial score (nSPS) is 10.5. The average Bonchev–Trinajstić information content (AvgIpc) is 2.33. The lowest BCUT2D eigenvalue weighted by molar-refractivity contribution is -0.122. The Balaban J connectivity index is 2.58. The molecule has 0 saturated heterocycles. The van der Waals surface area contributed by atoms with Crippen molar-refractivity contribution in [3.8, 4) is 11.5 Å². The Morgan fingerprint density at radius 3 is 2.06 bits per heavy atom. The molecule has 0 aliphatic heterocycles. The Bertz CT molecular complexity index is 297. The van der Waals surface area contributed by atoms with E-state index in [0.29, 0.717) is 19.0 Å². The summed E-state index contributed by atoms with van der Waals surface area (Å²) in [5, 5.41) is 0.